The number of hydrogen-bond donors (Lipinski definition) is 3. The molecule has 0 saturated carbocycles. The lowest BCUT2D eigenvalue weighted by molar-refractivity contribution is 0.749. The molecule has 0 spiro atoms. The molecule has 0 saturated heterocycles. The van der Waals surface area contributed by atoms with Gasteiger partial charge in [-0.25, -0.2) is 0 Å². The van der Waals surface area contributed by atoms with Crippen molar-refractivity contribution in [1.82, 2.24) is 4.98 Å². The van der Waals surface area contributed by atoms with Crippen molar-refractivity contribution in [1.29, 1.82) is 0 Å². The van der Waals surface area contributed by atoms with Crippen molar-refractivity contribution in [3.05, 3.63) is 114 Å². The molecule has 0 amide bonds. The lowest BCUT2D eigenvalue weighted by Crippen LogP contribution is -2.01. The van der Waals surface area contributed by atoms with Crippen LogP contribution in [-0.4, -0.2) is 4.98 Å². The van der Waals surface area contributed by atoms with E-state index in [2.05, 4.69) is 120 Å². The van der Waals surface area contributed by atoms with Crippen LogP contribution in [0.15, 0.2) is 103 Å². The topological polar surface area (TPSA) is 53.8 Å². The number of aromatic amines is 1. The maximum atomic E-state index is 5.78. The highest BCUT2D eigenvalue weighted by Gasteiger charge is 2.16. The fraction of sp³-hybridized carbons (Fsp3) is 0.125. The molecule has 6 rings (SSSR count). The van der Waals surface area contributed by atoms with Gasteiger partial charge in [-0.3, -0.25) is 0 Å². The summed E-state index contributed by atoms with van der Waals surface area (Å²) < 4.78 is 0. The highest BCUT2D eigenvalue weighted by molar-refractivity contribution is 6.09. The quantitative estimate of drug-likeness (QED) is 0.250. The van der Waals surface area contributed by atoms with Crippen molar-refractivity contribution in [3.63, 3.8) is 0 Å². The second-order valence-corrected chi connectivity index (χ2v) is 9.48. The molecule has 1 aliphatic rings. The molecule has 0 bridgehead atoms. The van der Waals surface area contributed by atoms with E-state index in [4.69, 9.17) is 5.73 Å². The molecule has 1 unspecified atom stereocenters. The van der Waals surface area contributed by atoms with Crippen molar-refractivity contribution in [2.75, 3.05) is 5.32 Å². The minimum atomic E-state index is 0.529. The summed E-state index contributed by atoms with van der Waals surface area (Å²) in [7, 11) is 0. The molecular weight excluding hydrogens is 426 g/mol. The van der Waals surface area contributed by atoms with Gasteiger partial charge in [-0.05, 0) is 64.9 Å². The molecule has 1 aliphatic carbocycles. The molecular formula is C32H29N3. The summed E-state index contributed by atoms with van der Waals surface area (Å²) in [6, 6.07) is 30.2. The Labute approximate surface area is 206 Å². The summed E-state index contributed by atoms with van der Waals surface area (Å²) in [5, 5.41) is 6.27. The predicted octanol–water partition coefficient (Wildman–Crippen LogP) is 8.17. The molecule has 35 heavy (non-hydrogen) atoms. The first-order valence-electron chi connectivity index (χ1n) is 12.3. The van der Waals surface area contributed by atoms with Crippen LogP contribution in [0, 0.1) is 5.92 Å². The van der Waals surface area contributed by atoms with Gasteiger partial charge in [0.2, 0.25) is 0 Å². The molecule has 0 fully saturated rings. The van der Waals surface area contributed by atoms with E-state index >= 15 is 0 Å². The first-order valence-corrected chi connectivity index (χ1v) is 12.3. The number of para-hydroxylation sites is 1. The molecule has 3 nitrogen and oxygen atoms in total. The minimum Gasteiger partial charge on any atom is -0.355 e. The fourth-order valence-corrected chi connectivity index (χ4v) is 5.08. The van der Waals surface area contributed by atoms with Crippen LogP contribution in [0.4, 0.5) is 11.4 Å². The van der Waals surface area contributed by atoms with Crippen LogP contribution in [0.2, 0.25) is 0 Å². The number of rotatable bonds is 5. The Balaban J connectivity index is 1.44. The third-order valence-corrected chi connectivity index (χ3v) is 6.93. The van der Waals surface area contributed by atoms with Crippen LogP contribution in [0.1, 0.15) is 24.5 Å². The third-order valence-electron chi connectivity index (χ3n) is 6.93. The number of nitrogens with two attached hydrogens (primary N) is 1. The van der Waals surface area contributed by atoms with E-state index in [0.29, 0.717) is 12.5 Å². The Morgan fingerprint density at radius 2 is 1.71 bits per heavy atom. The number of nitrogens with one attached hydrogen (secondary N) is 2. The van der Waals surface area contributed by atoms with Gasteiger partial charge in [-0.2, -0.15) is 0 Å². The van der Waals surface area contributed by atoms with Crippen LogP contribution in [-0.2, 0) is 6.54 Å². The maximum Gasteiger partial charge on any atom is 0.0486 e. The first-order chi connectivity index (χ1) is 17.2. The molecule has 4 aromatic carbocycles. The molecule has 1 heterocycles. The summed E-state index contributed by atoms with van der Waals surface area (Å²) >= 11 is 0. The second-order valence-electron chi connectivity index (χ2n) is 9.48. The fourth-order valence-electron chi connectivity index (χ4n) is 5.08. The lowest BCUT2D eigenvalue weighted by Gasteiger charge is -2.19. The van der Waals surface area contributed by atoms with Crippen LogP contribution < -0.4 is 11.1 Å². The standard InChI is InChI=1S/C32H29N3/c1-21-6-4-8-25(16-21)28-18-29-27-10-2-3-11-30(27)35-32(29)19-31(28)34-26-9-5-7-24(17-26)23-14-12-22(20-33)13-15-23/h2-15,17-19,21,34-35H,16,20,33H2,1H3. The zero-order chi connectivity index (χ0) is 23.8. The van der Waals surface area contributed by atoms with Gasteiger partial charge in [0.15, 0.2) is 0 Å². The Morgan fingerprint density at radius 3 is 2.54 bits per heavy atom. The number of fused-ring (bicyclic) bond motifs is 3. The Bertz CT molecular complexity index is 1590. The predicted molar refractivity (Wildman–Crippen MR) is 150 cm³/mol. The Kier molecular flexibility index (Phi) is 5.48. The summed E-state index contributed by atoms with van der Waals surface area (Å²) in [6.45, 7) is 2.84. The van der Waals surface area contributed by atoms with E-state index in [9.17, 15) is 0 Å². The first kappa shape index (κ1) is 21.5. The highest BCUT2D eigenvalue weighted by atomic mass is 14.9. The van der Waals surface area contributed by atoms with Crippen molar-refractivity contribution >= 4 is 38.8 Å². The van der Waals surface area contributed by atoms with E-state index in [-0.39, 0.29) is 0 Å². The van der Waals surface area contributed by atoms with Crippen LogP contribution in [0.5, 0.6) is 0 Å². The van der Waals surface area contributed by atoms with Gasteiger partial charge >= 0.3 is 0 Å². The monoisotopic (exact) mass is 455 g/mol. The number of anilines is 2. The van der Waals surface area contributed by atoms with Gasteiger partial charge in [0, 0.05) is 45.3 Å². The largest absolute Gasteiger partial charge is 0.355 e. The van der Waals surface area contributed by atoms with Gasteiger partial charge in [-0.1, -0.05) is 79.7 Å². The van der Waals surface area contributed by atoms with Crippen LogP contribution >= 0.6 is 0 Å². The van der Waals surface area contributed by atoms with E-state index in [1.807, 2.05) is 0 Å². The molecule has 4 N–H and O–H groups in total. The molecule has 0 aliphatic heterocycles. The zero-order valence-electron chi connectivity index (χ0n) is 19.9. The van der Waals surface area contributed by atoms with Crippen LogP contribution in [0.25, 0.3) is 38.5 Å². The second kappa shape index (κ2) is 8.94. The maximum absolute atomic E-state index is 5.78. The van der Waals surface area contributed by atoms with Crippen molar-refractivity contribution in [2.45, 2.75) is 19.9 Å². The van der Waals surface area contributed by atoms with Crippen molar-refractivity contribution in [3.8, 4) is 11.1 Å². The minimum absolute atomic E-state index is 0.529. The number of hydrogen-bond acceptors (Lipinski definition) is 2. The molecule has 1 atom stereocenters. The lowest BCUT2D eigenvalue weighted by atomic mass is 9.89. The Hall–Kier alpha value is -4.08. The summed E-state index contributed by atoms with van der Waals surface area (Å²) in [5.41, 5.74) is 16.4. The summed E-state index contributed by atoms with van der Waals surface area (Å²) in [4.78, 5) is 3.61. The Morgan fingerprint density at radius 1 is 0.857 bits per heavy atom. The number of H-pyrrole nitrogens is 1. The number of allylic oxidation sites excluding steroid dienone is 4. The highest BCUT2D eigenvalue weighted by Crippen LogP contribution is 2.38. The SMILES string of the molecule is CC1C=CC=C(c2cc3c(cc2Nc2cccc(-c4ccc(CN)cc4)c2)[nH]c2ccccc23)C1. The van der Waals surface area contributed by atoms with Crippen molar-refractivity contribution < 1.29 is 0 Å². The van der Waals surface area contributed by atoms with Gasteiger partial charge in [-0.15, -0.1) is 0 Å². The molecule has 1 aromatic heterocycles. The molecule has 5 aromatic rings. The van der Waals surface area contributed by atoms with Crippen molar-refractivity contribution in [2.24, 2.45) is 11.7 Å². The summed E-state index contributed by atoms with van der Waals surface area (Å²) in [5.74, 6) is 0.529. The van der Waals surface area contributed by atoms with E-state index in [0.717, 1.165) is 28.9 Å². The van der Waals surface area contributed by atoms with Gasteiger partial charge in [0.25, 0.3) is 0 Å². The summed E-state index contributed by atoms with van der Waals surface area (Å²) in [6.07, 6.45) is 7.77. The average molecular weight is 456 g/mol. The third kappa shape index (κ3) is 4.16. The van der Waals surface area contributed by atoms with E-state index in [1.54, 1.807) is 0 Å². The van der Waals surface area contributed by atoms with Gasteiger partial charge in [0.05, 0.1) is 0 Å². The van der Waals surface area contributed by atoms with Gasteiger partial charge < -0.3 is 16.0 Å². The zero-order valence-corrected chi connectivity index (χ0v) is 19.9. The molecule has 0 radical (unpaired) electrons. The molecule has 3 heteroatoms. The van der Waals surface area contributed by atoms with Crippen LogP contribution in [0.3, 0.4) is 0 Å². The normalized spacial score (nSPS) is 15.5. The van der Waals surface area contributed by atoms with E-state index < -0.39 is 0 Å². The average Bonchev–Trinajstić information content (AvgIpc) is 3.26. The number of benzene rings is 4. The number of aromatic nitrogens is 1. The van der Waals surface area contributed by atoms with Gasteiger partial charge in [0.1, 0.15) is 0 Å². The smallest absolute Gasteiger partial charge is 0.0486 e. The molecule has 172 valence electrons. The van der Waals surface area contributed by atoms with E-state index in [1.165, 1.54) is 38.6 Å².